The molecule has 0 aliphatic rings. The van der Waals surface area contributed by atoms with Crippen LogP contribution in [0.15, 0.2) is 53.4 Å². The highest BCUT2D eigenvalue weighted by Gasteiger charge is 2.04. The van der Waals surface area contributed by atoms with Crippen LogP contribution in [0.1, 0.15) is 5.56 Å². The molecule has 0 saturated carbocycles. The maximum atomic E-state index is 11.8. The van der Waals surface area contributed by atoms with Gasteiger partial charge in [0.2, 0.25) is 5.91 Å². The van der Waals surface area contributed by atoms with E-state index in [1.54, 1.807) is 23.5 Å². The van der Waals surface area contributed by atoms with Gasteiger partial charge in [0, 0.05) is 33.0 Å². The number of rotatable bonds is 8. The van der Waals surface area contributed by atoms with E-state index in [0.717, 1.165) is 32.0 Å². The van der Waals surface area contributed by atoms with Crippen molar-refractivity contribution in [3.63, 3.8) is 0 Å². The highest BCUT2D eigenvalue weighted by molar-refractivity contribution is 7.99. The lowest BCUT2D eigenvalue weighted by atomic mass is 10.2. The number of hydrogen-bond acceptors (Lipinski definition) is 3. The summed E-state index contributed by atoms with van der Waals surface area (Å²) in [7, 11) is 0. The second-order valence-electron chi connectivity index (χ2n) is 4.74. The van der Waals surface area contributed by atoms with Gasteiger partial charge in [-0.15, -0.1) is 23.5 Å². The lowest BCUT2D eigenvalue weighted by molar-refractivity contribution is -0.118. The van der Waals surface area contributed by atoms with E-state index in [1.807, 2.05) is 48.5 Å². The zero-order valence-electron chi connectivity index (χ0n) is 12.4. The Morgan fingerprint density at radius 1 is 1.04 bits per heavy atom. The lowest BCUT2D eigenvalue weighted by Gasteiger charge is -2.06. The number of hydrogen-bond donors (Lipinski definition) is 1. The predicted octanol–water partition coefficient (Wildman–Crippen LogP) is 5.14. The van der Waals surface area contributed by atoms with E-state index < -0.39 is 0 Å². The quantitative estimate of drug-likeness (QED) is 0.503. The molecule has 0 atom stereocenters. The number of nitrogens with one attached hydrogen (secondary N) is 1. The Bertz CT molecular complexity index is 635. The number of benzene rings is 2. The van der Waals surface area contributed by atoms with Gasteiger partial charge >= 0.3 is 0 Å². The van der Waals surface area contributed by atoms with Crippen molar-refractivity contribution in [1.29, 1.82) is 0 Å². The Labute approximate surface area is 155 Å². The molecule has 2 aromatic carbocycles. The summed E-state index contributed by atoms with van der Waals surface area (Å²) in [6.45, 7) is 0.652. The van der Waals surface area contributed by atoms with Crippen molar-refractivity contribution in [2.75, 3.05) is 18.1 Å². The van der Waals surface area contributed by atoms with Crippen molar-refractivity contribution >= 4 is 52.6 Å². The molecule has 0 bridgehead atoms. The van der Waals surface area contributed by atoms with E-state index in [1.165, 1.54) is 0 Å². The second-order valence-corrected chi connectivity index (χ2v) is 7.73. The van der Waals surface area contributed by atoms with E-state index >= 15 is 0 Å². The summed E-state index contributed by atoms with van der Waals surface area (Å²) in [5.41, 5.74) is 1.06. The smallest absolute Gasteiger partial charge is 0.230 e. The molecule has 0 saturated heterocycles. The Balaban J connectivity index is 1.58. The number of thioether (sulfide) groups is 2. The first-order valence-corrected chi connectivity index (χ1v) is 10.0. The highest BCUT2D eigenvalue weighted by atomic mass is 35.5. The number of amides is 1. The third-order valence-corrected chi connectivity index (χ3v) is 5.57. The van der Waals surface area contributed by atoms with Crippen LogP contribution >= 0.6 is 46.7 Å². The number of carbonyl (C=O) groups excluding carboxylic acids is 1. The Kier molecular flexibility index (Phi) is 8.17. The van der Waals surface area contributed by atoms with Gasteiger partial charge in [0.1, 0.15) is 0 Å². The third kappa shape index (κ3) is 7.08. The van der Waals surface area contributed by atoms with E-state index in [-0.39, 0.29) is 5.91 Å². The summed E-state index contributed by atoms with van der Waals surface area (Å²) >= 11 is 15.2. The maximum Gasteiger partial charge on any atom is 0.230 e. The SMILES string of the molecule is O=C(CSCc1ccccc1Cl)NCCSc1ccc(Cl)cc1. The van der Waals surface area contributed by atoms with Crippen LogP contribution in [-0.4, -0.2) is 24.0 Å². The molecule has 0 aliphatic carbocycles. The van der Waals surface area contributed by atoms with E-state index in [4.69, 9.17) is 23.2 Å². The van der Waals surface area contributed by atoms with Crippen molar-refractivity contribution < 1.29 is 4.79 Å². The van der Waals surface area contributed by atoms with Crippen LogP contribution in [0, 0.1) is 0 Å². The molecule has 122 valence electrons. The minimum absolute atomic E-state index is 0.0544. The van der Waals surface area contributed by atoms with Gasteiger partial charge in [0.15, 0.2) is 0 Å². The summed E-state index contributed by atoms with van der Waals surface area (Å²) in [4.78, 5) is 12.9. The van der Waals surface area contributed by atoms with Crippen LogP contribution < -0.4 is 5.32 Å². The van der Waals surface area contributed by atoms with Crippen molar-refractivity contribution in [2.24, 2.45) is 0 Å². The molecule has 0 fully saturated rings. The molecule has 23 heavy (non-hydrogen) atoms. The first-order chi connectivity index (χ1) is 11.1. The van der Waals surface area contributed by atoms with Gasteiger partial charge < -0.3 is 5.32 Å². The lowest BCUT2D eigenvalue weighted by Crippen LogP contribution is -2.27. The molecule has 0 spiro atoms. The molecule has 0 heterocycles. The van der Waals surface area contributed by atoms with E-state index in [0.29, 0.717) is 12.3 Å². The first kappa shape index (κ1) is 18.5. The molecule has 0 radical (unpaired) electrons. The molecule has 2 nitrogen and oxygen atoms in total. The van der Waals surface area contributed by atoms with Gasteiger partial charge in [-0.05, 0) is 35.9 Å². The van der Waals surface area contributed by atoms with Crippen LogP contribution in [0.25, 0.3) is 0 Å². The fraction of sp³-hybridized carbons (Fsp3) is 0.235. The van der Waals surface area contributed by atoms with Gasteiger partial charge in [-0.3, -0.25) is 4.79 Å². The Hall–Kier alpha value is -0.810. The molecule has 6 heteroatoms. The molecule has 2 aromatic rings. The molecular formula is C17H17Cl2NOS2. The summed E-state index contributed by atoms with van der Waals surface area (Å²) in [6, 6.07) is 15.4. The largest absolute Gasteiger partial charge is 0.355 e. The van der Waals surface area contributed by atoms with Gasteiger partial charge in [0.05, 0.1) is 5.75 Å². The zero-order chi connectivity index (χ0) is 16.5. The fourth-order valence-corrected chi connectivity index (χ4v) is 3.85. The first-order valence-electron chi connectivity index (χ1n) is 7.11. The maximum absolute atomic E-state index is 11.8. The van der Waals surface area contributed by atoms with Crippen LogP contribution in [-0.2, 0) is 10.5 Å². The molecular weight excluding hydrogens is 369 g/mol. The van der Waals surface area contributed by atoms with Gasteiger partial charge in [-0.25, -0.2) is 0 Å². The minimum Gasteiger partial charge on any atom is -0.355 e. The van der Waals surface area contributed by atoms with Crippen LogP contribution in [0.4, 0.5) is 0 Å². The average molecular weight is 386 g/mol. The fourth-order valence-electron chi connectivity index (χ4n) is 1.81. The summed E-state index contributed by atoms with van der Waals surface area (Å²) in [6.07, 6.45) is 0. The highest BCUT2D eigenvalue weighted by Crippen LogP contribution is 2.21. The van der Waals surface area contributed by atoms with Crippen molar-refractivity contribution in [3.8, 4) is 0 Å². The van der Waals surface area contributed by atoms with Gasteiger partial charge in [-0.1, -0.05) is 41.4 Å². The van der Waals surface area contributed by atoms with Crippen molar-refractivity contribution in [1.82, 2.24) is 5.32 Å². The molecule has 0 aliphatic heterocycles. The van der Waals surface area contributed by atoms with Crippen LogP contribution in [0.2, 0.25) is 10.0 Å². The zero-order valence-corrected chi connectivity index (χ0v) is 15.6. The van der Waals surface area contributed by atoms with Crippen molar-refractivity contribution in [3.05, 3.63) is 64.1 Å². The van der Waals surface area contributed by atoms with E-state index in [2.05, 4.69) is 5.32 Å². The Morgan fingerprint density at radius 2 is 1.78 bits per heavy atom. The number of carbonyl (C=O) groups is 1. The van der Waals surface area contributed by atoms with E-state index in [9.17, 15) is 4.79 Å². The standard InChI is InChI=1S/C17H17Cl2NOS2/c18-14-5-7-15(8-6-14)23-10-9-20-17(21)12-22-11-13-3-1-2-4-16(13)19/h1-8H,9-12H2,(H,20,21). The molecule has 1 amide bonds. The third-order valence-electron chi connectivity index (χ3n) is 2.96. The van der Waals surface area contributed by atoms with Gasteiger partial charge in [-0.2, -0.15) is 0 Å². The van der Waals surface area contributed by atoms with Gasteiger partial charge in [0.25, 0.3) is 0 Å². The second kappa shape index (κ2) is 10.1. The molecule has 2 rings (SSSR count). The molecule has 0 aromatic heterocycles. The van der Waals surface area contributed by atoms with Crippen molar-refractivity contribution in [2.45, 2.75) is 10.6 Å². The number of halogens is 2. The Morgan fingerprint density at radius 3 is 2.52 bits per heavy atom. The summed E-state index contributed by atoms with van der Waals surface area (Å²) < 4.78 is 0. The minimum atomic E-state index is 0.0544. The van der Waals surface area contributed by atoms with Crippen LogP contribution in [0.5, 0.6) is 0 Å². The topological polar surface area (TPSA) is 29.1 Å². The van der Waals surface area contributed by atoms with Crippen LogP contribution in [0.3, 0.4) is 0 Å². The molecule has 0 unspecified atom stereocenters. The normalized spacial score (nSPS) is 10.5. The molecule has 1 N–H and O–H groups in total. The monoisotopic (exact) mass is 385 g/mol. The summed E-state index contributed by atoms with van der Waals surface area (Å²) in [5, 5.41) is 4.41. The average Bonchev–Trinajstić information content (AvgIpc) is 2.55. The summed E-state index contributed by atoms with van der Waals surface area (Å²) in [5.74, 6) is 2.07. The predicted molar refractivity (Wildman–Crippen MR) is 103 cm³/mol.